The van der Waals surface area contributed by atoms with Crippen LogP contribution in [0.1, 0.15) is 65.4 Å². The van der Waals surface area contributed by atoms with Gasteiger partial charge in [-0.2, -0.15) is 0 Å². The number of likely N-dealkylation sites (tertiary alicyclic amines) is 1. The van der Waals surface area contributed by atoms with E-state index in [-0.39, 0.29) is 23.3 Å². The van der Waals surface area contributed by atoms with Gasteiger partial charge >= 0.3 is 6.09 Å². The Morgan fingerprint density at radius 2 is 1.79 bits per heavy atom. The lowest BCUT2D eigenvalue weighted by Gasteiger charge is -2.38. The van der Waals surface area contributed by atoms with Crippen LogP contribution in [0, 0.1) is 0 Å². The average Bonchev–Trinajstić information content (AvgIpc) is 3.31. The molecule has 3 rings (SSSR count). The van der Waals surface area contributed by atoms with E-state index in [2.05, 4.69) is 78.6 Å². The molecule has 2 atom stereocenters. The van der Waals surface area contributed by atoms with Gasteiger partial charge in [0.1, 0.15) is 11.4 Å². The average molecular weight is 551 g/mol. The van der Waals surface area contributed by atoms with Crippen molar-refractivity contribution in [3.63, 3.8) is 0 Å². The van der Waals surface area contributed by atoms with E-state index >= 15 is 0 Å². The Morgan fingerprint density at radius 1 is 1.15 bits per heavy atom. The highest BCUT2D eigenvalue weighted by atomic mass is 79.9. The van der Waals surface area contributed by atoms with Crippen molar-refractivity contribution >= 4 is 30.3 Å². The lowest BCUT2D eigenvalue weighted by molar-refractivity contribution is 0.0200. The van der Waals surface area contributed by atoms with Crippen molar-refractivity contribution in [2.75, 3.05) is 6.54 Å². The molecular formula is C26H40BrN3O3Si. The highest BCUT2D eigenvalue weighted by Gasteiger charge is 2.45. The molecule has 2 heterocycles. The first-order valence-electron chi connectivity index (χ1n) is 12.1. The zero-order chi connectivity index (χ0) is 25.3. The zero-order valence-corrected chi connectivity index (χ0v) is 24.5. The number of hydrogen-bond donors (Lipinski definition) is 0. The molecule has 6 nitrogen and oxygen atoms in total. The zero-order valence-electron chi connectivity index (χ0n) is 21.9. The van der Waals surface area contributed by atoms with E-state index in [0.29, 0.717) is 6.54 Å². The van der Waals surface area contributed by atoms with E-state index in [9.17, 15) is 4.79 Å². The van der Waals surface area contributed by atoms with Crippen molar-refractivity contribution in [1.29, 1.82) is 0 Å². The third-order valence-corrected chi connectivity index (χ3v) is 11.8. The van der Waals surface area contributed by atoms with Gasteiger partial charge in [0.25, 0.3) is 0 Å². The van der Waals surface area contributed by atoms with Crippen molar-refractivity contribution in [2.24, 2.45) is 0 Å². The third-order valence-electron chi connectivity index (χ3n) is 6.76. The van der Waals surface area contributed by atoms with E-state index in [1.165, 1.54) is 5.56 Å². The largest absolute Gasteiger partial charge is 0.444 e. The molecule has 1 amide bonds. The second-order valence-corrected chi connectivity index (χ2v) is 17.4. The Labute approximate surface area is 214 Å². The summed E-state index contributed by atoms with van der Waals surface area (Å²) >= 11 is 3.50. The summed E-state index contributed by atoms with van der Waals surface area (Å²) in [6.45, 7) is 18.3. The van der Waals surface area contributed by atoms with Gasteiger partial charge in [0.2, 0.25) is 0 Å². The SMILES string of the molecule is CC(C)(C)OC(=O)N1C[C@H](O[Si](C)(C)C(C)(C)C)C[C@H]1c1nccn1CCc1ccc(Br)cc1. The summed E-state index contributed by atoms with van der Waals surface area (Å²) in [5.74, 6) is 0.893. The lowest BCUT2D eigenvalue weighted by Crippen LogP contribution is -2.45. The van der Waals surface area contributed by atoms with Crippen molar-refractivity contribution in [3.05, 3.63) is 52.5 Å². The first kappa shape index (κ1) is 27.0. The van der Waals surface area contributed by atoms with E-state index in [0.717, 1.165) is 29.7 Å². The van der Waals surface area contributed by atoms with Gasteiger partial charge < -0.3 is 13.7 Å². The highest BCUT2D eigenvalue weighted by Crippen LogP contribution is 2.41. The maximum atomic E-state index is 13.2. The van der Waals surface area contributed by atoms with E-state index in [1.54, 1.807) is 0 Å². The maximum absolute atomic E-state index is 13.2. The molecule has 0 unspecified atom stereocenters. The molecule has 0 saturated carbocycles. The van der Waals surface area contributed by atoms with Gasteiger partial charge in [0, 0.05) is 36.4 Å². The molecule has 1 aromatic carbocycles. The van der Waals surface area contributed by atoms with Crippen molar-refractivity contribution < 1.29 is 14.0 Å². The van der Waals surface area contributed by atoms with Crippen LogP contribution in [-0.4, -0.2) is 47.1 Å². The first-order chi connectivity index (χ1) is 15.7. The minimum Gasteiger partial charge on any atom is -0.444 e. The quantitative estimate of drug-likeness (QED) is 0.365. The molecule has 0 aliphatic carbocycles. The second kappa shape index (κ2) is 10.2. The number of carbonyl (C=O) groups excluding carboxylic acids is 1. The molecule has 0 radical (unpaired) electrons. The molecule has 1 aliphatic heterocycles. The predicted molar refractivity (Wildman–Crippen MR) is 142 cm³/mol. The summed E-state index contributed by atoms with van der Waals surface area (Å²) in [7, 11) is -1.98. The number of halogens is 1. The minimum atomic E-state index is -1.98. The van der Waals surface area contributed by atoms with Crippen LogP contribution in [0.2, 0.25) is 18.1 Å². The molecule has 1 aliphatic rings. The molecule has 1 aromatic heterocycles. The van der Waals surface area contributed by atoms with E-state index in [4.69, 9.17) is 14.1 Å². The monoisotopic (exact) mass is 549 g/mol. The first-order valence-corrected chi connectivity index (χ1v) is 15.8. The summed E-state index contributed by atoms with van der Waals surface area (Å²) in [6, 6.07) is 8.21. The van der Waals surface area contributed by atoms with Crippen LogP contribution in [0.25, 0.3) is 0 Å². The normalized spacial score (nSPS) is 19.5. The Hall–Kier alpha value is -1.64. The molecule has 0 bridgehead atoms. The van der Waals surface area contributed by atoms with E-state index < -0.39 is 13.9 Å². The Bertz CT molecular complexity index is 976. The molecule has 1 fully saturated rings. The van der Waals surface area contributed by atoms with Gasteiger partial charge in [-0.05, 0) is 63.0 Å². The van der Waals surface area contributed by atoms with Gasteiger partial charge in [-0.1, -0.05) is 48.8 Å². The van der Waals surface area contributed by atoms with Crippen LogP contribution in [0.5, 0.6) is 0 Å². The molecule has 1 saturated heterocycles. The number of carbonyl (C=O) groups is 1. The topological polar surface area (TPSA) is 56.6 Å². The third kappa shape index (κ3) is 6.73. The fourth-order valence-corrected chi connectivity index (χ4v) is 5.57. The predicted octanol–water partition coefficient (Wildman–Crippen LogP) is 6.96. The van der Waals surface area contributed by atoms with Crippen molar-refractivity contribution in [2.45, 2.75) is 96.8 Å². The fourth-order valence-electron chi connectivity index (χ4n) is 3.95. The molecule has 2 aromatic rings. The smallest absolute Gasteiger partial charge is 0.411 e. The molecule has 34 heavy (non-hydrogen) atoms. The summed E-state index contributed by atoms with van der Waals surface area (Å²) < 4.78 is 15.7. The molecular weight excluding hydrogens is 510 g/mol. The van der Waals surface area contributed by atoms with Gasteiger partial charge in [-0.25, -0.2) is 9.78 Å². The molecule has 188 valence electrons. The van der Waals surface area contributed by atoms with Crippen molar-refractivity contribution in [1.82, 2.24) is 14.5 Å². The number of imidazole rings is 1. The number of aryl methyl sites for hydroxylation is 2. The minimum absolute atomic E-state index is 0.0324. The lowest BCUT2D eigenvalue weighted by atomic mass is 10.1. The number of benzene rings is 1. The Balaban J connectivity index is 1.82. The summed E-state index contributed by atoms with van der Waals surface area (Å²) in [4.78, 5) is 19.7. The summed E-state index contributed by atoms with van der Waals surface area (Å²) in [5, 5.41) is 0.102. The van der Waals surface area contributed by atoms with Crippen LogP contribution in [-0.2, 0) is 22.1 Å². The van der Waals surface area contributed by atoms with Crippen molar-refractivity contribution in [3.8, 4) is 0 Å². The standard InChI is InChI=1S/C26H40BrN3O3Si/c1-25(2,3)32-24(31)30-18-21(33-34(7,8)26(4,5)6)17-22(30)23-28-14-16-29(23)15-13-19-9-11-20(27)12-10-19/h9-12,14,16,21-22H,13,15,17-18H2,1-8H3/t21-,22+/m1/s1. The molecule has 0 N–H and O–H groups in total. The fraction of sp³-hybridized carbons (Fsp3) is 0.615. The van der Waals surface area contributed by atoms with Gasteiger partial charge in [0.05, 0.1) is 12.1 Å². The number of hydrogen-bond acceptors (Lipinski definition) is 4. The van der Waals surface area contributed by atoms with Gasteiger partial charge in [-0.15, -0.1) is 0 Å². The van der Waals surface area contributed by atoms with Crippen LogP contribution in [0.15, 0.2) is 41.1 Å². The number of ether oxygens (including phenoxy) is 1. The maximum Gasteiger partial charge on any atom is 0.411 e. The van der Waals surface area contributed by atoms with Crippen LogP contribution < -0.4 is 0 Å². The van der Waals surface area contributed by atoms with Crippen LogP contribution in [0.3, 0.4) is 0 Å². The number of rotatable bonds is 6. The Morgan fingerprint density at radius 3 is 2.38 bits per heavy atom. The van der Waals surface area contributed by atoms with Gasteiger partial charge in [-0.3, -0.25) is 4.90 Å². The second-order valence-electron chi connectivity index (χ2n) is 11.7. The number of amides is 1. The number of aromatic nitrogens is 2. The highest BCUT2D eigenvalue weighted by molar-refractivity contribution is 9.10. The molecule has 8 heteroatoms. The van der Waals surface area contributed by atoms with E-state index in [1.807, 2.05) is 38.1 Å². The molecule has 0 spiro atoms. The van der Waals surface area contributed by atoms with Gasteiger partial charge in [0.15, 0.2) is 8.32 Å². The summed E-state index contributed by atoms with van der Waals surface area (Å²) in [6.07, 6.45) is 5.10. The van der Waals surface area contributed by atoms with Crippen LogP contribution >= 0.6 is 15.9 Å². The van der Waals surface area contributed by atoms with Crippen LogP contribution in [0.4, 0.5) is 4.79 Å². The number of nitrogens with zero attached hydrogens (tertiary/aromatic N) is 3. The Kier molecular flexibility index (Phi) is 8.05. The summed E-state index contributed by atoms with van der Waals surface area (Å²) in [5.41, 5.74) is 0.703.